The van der Waals surface area contributed by atoms with Crippen molar-refractivity contribution in [3.8, 4) is 5.88 Å². The Morgan fingerprint density at radius 1 is 1.38 bits per heavy atom. The van der Waals surface area contributed by atoms with Crippen molar-refractivity contribution < 1.29 is 9.47 Å². The maximum Gasteiger partial charge on any atom is 0.213 e. The van der Waals surface area contributed by atoms with Gasteiger partial charge >= 0.3 is 0 Å². The zero-order valence-corrected chi connectivity index (χ0v) is 14.0. The molecule has 1 aliphatic heterocycles. The summed E-state index contributed by atoms with van der Waals surface area (Å²) in [6.07, 6.45) is 9.70. The highest BCUT2D eigenvalue weighted by atomic mass is 16.5. The van der Waals surface area contributed by atoms with Crippen molar-refractivity contribution in [1.82, 2.24) is 19.9 Å². The highest BCUT2D eigenvalue weighted by Crippen LogP contribution is 2.43. The summed E-state index contributed by atoms with van der Waals surface area (Å²) in [6.45, 7) is 1.93. The van der Waals surface area contributed by atoms with Crippen molar-refractivity contribution >= 4 is 0 Å². The first-order chi connectivity index (χ1) is 11.8. The number of likely N-dealkylation sites (tertiary alicyclic amines) is 1. The van der Waals surface area contributed by atoms with Crippen LogP contribution >= 0.6 is 0 Å². The van der Waals surface area contributed by atoms with Gasteiger partial charge in [-0.1, -0.05) is 6.07 Å². The van der Waals surface area contributed by atoms with Crippen LogP contribution in [-0.2, 0) is 11.3 Å². The lowest BCUT2D eigenvalue weighted by Gasteiger charge is -2.43. The smallest absolute Gasteiger partial charge is 0.213 e. The van der Waals surface area contributed by atoms with E-state index >= 15 is 0 Å². The van der Waals surface area contributed by atoms with Crippen LogP contribution in [0.4, 0.5) is 0 Å². The molecule has 4 rings (SSSR count). The Labute approximate surface area is 142 Å². The Morgan fingerprint density at radius 2 is 2.33 bits per heavy atom. The van der Waals surface area contributed by atoms with Crippen LogP contribution in [-0.4, -0.2) is 51.3 Å². The molecule has 1 saturated carbocycles. The first kappa shape index (κ1) is 15.6. The van der Waals surface area contributed by atoms with Crippen molar-refractivity contribution in [2.24, 2.45) is 0 Å². The minimum Gasteiger partial charge on any atom is -0.474 e. The number of hydrogen-bond donors (Lipinski definition) is 1. The summed E-state index contributed by atoms with van der Waals surface area (Å²) in [4.78, 5) is 14.1. The van der Waals surface area contributed by atoms with E-state index in [-0.39, 0.29) is 11.7 Å². The number of H-pyrrole nitrogens is 1. The van der Waals surface area contributed by atoms with E-state index in [2.05, 4.69) is 19.9 Å². The Kier molecular flexibility index (Phi) is 4.24. The van der Waals surface area contributed by atoms with Gasteiger partial charge in [0.25, 0.3) is 0 Å². The monoisotopic (exact) mass is 328 g/mol. The van der Waals surface area contributed by atoms with E-state index in [4.69, 9.17) is 9.47 Å². The third kappa shape index (κ3) is 2.91. The minimum absolute atomic E-state index is 0.0377. The molecule has 2 fully saturated rings. The topological polar surface area (TPSA) is 63.3 Å². The van der Waals surface area contributed by atoms with E-state index in [9.17, 15) is 0 Å². The number of rotatable bonds is 5. The van der Waals surface area contributed by atoms with Gasteiger partial charge in [0.1, 0.15) is 6.10 Å². The summed E-state index contributed by atoms with van der Waals surface area (Å²) in [7, 11) is 1.85. The van der Waals surface area contributed by atoms with Gasteiger partial charge in [-0.05, 0) is 25.3 Å². The molecule has 1 N–H and O–H groups in total. The molecule has 24 heavy (non-hydrogen) atoms. The van der Waals surface area contributed by atoms with Crippen molar-refractivity contribution in [3.05, 3.63) is 42.6 Å². The van der Waals surface area contributed by atoms with Crippen LogP contribution < -0.4 is 4.74 Å². The van der Waals surface area contributed by atoms with Gasteiger partial charge in [-0.2, -0.15) is 0 Å². The molecule has 3 heterocycles. The maximum atomic E-state index is 6.12. The predicted molar refractivity (Wildman–Crippen MR) is 89.6 cm³/mol. The summed E-state index contributed by atoms with van der Waals surface area (Å²) in [5.41, 5.74) is 1.11. The van der Waals surface area contributed by atoms with Gasteiger partial charge in [0.2, 0.25) is 5.88 Å². The fourth-order valence-electron chi connectivity index (χ4n) is 4.23. The average Bonchev–Trinajstić information content (AvgIpc) is 3.25. The average molecular weight is 328 g/mol. The van der Waals surface area contributed by atoms with Crippen molar-refractivity contribution in [1.29, 1.82) is 0 Å². The third-order valence-electron chi connectivity index (χ3n) is 5.51. The lowest BCUT2D eigenvalue weighted by Crippen LogP contribution is -2.52. The van der Waals surface area contributed by atoms with E-state index in [1.165, 1.54) is 0 Å². The molecule has 3 atom stereocenters. The van der Waals surface area contributed by atoms with Crippen molar-refractivity contribution in [2.45, 2.75) is 50.0 Å². The molecule has 0 radical (unpaired) electrons. The molecular formula is C18H24N4O2. The van der Waals surface area contributed by atoms with E-state index < -0.39 is 0 Å². The number of fused-ring (bicyclic) bond motifs is 1. The molecule has 1 saturated heterocycles. The second kappa shape index (κ2) is 6.53. The normalized spacial score (nSPS) is 30.2. The summed E-state index contributed by atoms with van der Waals surface area (Å²) in [5, 5.41) is 0. The van der Waals surface area contributed by atoms with Crippen LogP contribution in [0.25, 0.3) is 0 Å². The molecule has 2 aliphatic rings. The molecule has 1 aliphatic carbocycles. The largest absolute Gasteiger partial charge is 0.474 e. The summed E-state index contributed by atoms with van der Waals surface area (Å²) >= 11 is 0. The van der Waals surface area contributed by atoms with Gasteiger partial charge in [-0.3, -0.25) is 4.90 Å². The highest BCUT2D eigenvalue weighted by Gasteiger charge is 2.51. The van der Waals surface area contributed by atoms with Crippen molar-refractivity contribution in [3.63, 3.8) is 0 Å². The number of methoxy groups -OCH3 is 1. The lowest BCUT2D eigenvalue weighted by atomic mass is 9.79. The van der Waals surface area contributed by atoms with Gasteiger partial charge < -0.3 is 14.5 Å². The molecular weight excluding hydrogens is 304 g/mol. The summed E-state index contributed by atoms with van der Waals surface area (Å²) in [5.74, 6) is 0.713. The maximum absolute atomic E-state index is 6.12. The van der Waals surface area contributed by atoms with Crippen LogP contribution in [0.15, 0.2) is 36.9 Å². The second-order valence-corrected chi connectivity index (χ2v) is 6.76. The first-order valence-electron chi connectivity index (χ1n) is 8.63. The fourth-order valence-corrected chi connectivity index (χ4v) is 4.23. The number of hydrogen-bond acceptors (Lipinski definition) is 5. The molecule has 0 bridgehead atoms. The van der Waals surface area contributed by atoms with E-state index in [1.807, 2.05) is 31.5 Å². The Hall–Kier alpha value is -1.92. The molecule has 2 aromatic heterocycles. The Bertz CT molecular complexity index is 648. The number of aromatic nitrogens is 3. The Balaban J connectivity index is 1.48. The standard InChI is InChI=1S/C18H24N4O2/c1-23-18-6-5-15(24-17-4-2-3-8-20-17)10-16(18)22(9-7-18)12-14-11-19-13-21-14/h2-4,8,11,13,15-16H,5-7,9-10,12H2,1H3,(H,19,21)/t15-,16-,18+/m0/s1. The van der Waals surface area contributed by atoms with Crippen LogP contribution in [0.3, 0.4) is 0 Å². The molecule has 0 amide bonds. The SMILES string of the molecule is CO[C@@]12CC[C@H](Oc3ccccn3)C[C@@H]1N(Cc1cnc[nH]1)CC2. The zero-order valence-electron chi connectivity index (χ0n) is 14.0. The van der Waals surface area contributed by atoms with Gasteiger partial charge in [-0.15, -0.1) is 0 Å². The number of nitrogens with zero attached hydrogens (tertiary/aromatic N) is 3. The number of aromatic amines is 1. The van der Waals surface area contributed by atoms with Gasteiger partial charge in [0.05, 0.1) is 11.9 Å². The van der Waals surface area contributed by atoms with Crippen molar-refractivity contribution in [2.75, 3.05) is 13.7 Å². The molecule has 0 aromatic carbocycles. The number of ether oxygens (including phenoxy) is 2. The van der Waals surface area contributed by atoms with Gasteiger partial charge in [-0.25, -0.2) is 9.97 Å². The number of pyridine rings is 1. The Morgan fingerprint density at radius 3 is 3.08 bits per heavy atom. The van der Waals surface area contributed by atoms with E-state index in [0.717, 1.165) is 44.5 Å². The molecule has 6 heteroatoms. The fraction of sp³-hybridized carbons (Fsp3) is 0.556. The third-order valence-corrected chi connectivity index (χ3v) is 5.51. The van der Waals surface area contributed by atoms with Crippen LogP contribution in [0, 0.1) is 0 Å². The minimum atomic E-state index is -0.0377. The van der Waals surface area contributed by atoms with Crippen LogP contribution in [0.2, 0.25) is 0 Å². The first-order valence-corrected chi connectivity index (χ1v) is 8.63. The number of nitrogens with one attached hydrogen (secondary N) is 1. The number of imidazole rings is 1. The molecule has 128 valence electrons. The summed E-state index contributed by atoms with van der Waals surface area (Å²) < 4.78 is 12.1. The zero-order chi connectivity index (χ0) is 16.4. The lowest BCUT2D eigenvalue weighted by molar-refractivity contribution is -0.0844. The molecule has 6 nitrogen and oxygen atoms in total. The highest BCUT2D eigenvalue weighted by molar-refractivity contribution is 5.12. The second-order valence-electron chi connectivity index (χ2n) is 6.76. The summed E-state index contributed by atoms with van der Waals surface area (Å²) in [6, 6.07) is 6.17. The van der Waals surface area contributed by atoms with E-state index in [1.54, 1.807) is 12.5 Å². The van der Waals surface area contributed by atoms with Crippen LogP contribution in [0.1, 0.15) is 31.4 Å². The molecule has 2 aromatic rings. The van der Waals surface area contributed by atoms with E-state index in [0.29, 0.717) is 11.9 Å². The van der Waals surface area contributed by atoms with Crippen LogP contribution in [0.5, 0.6) is 5.88 Å². The predicted octanol–water partition coefficient (Wildman–Crippen LogP) is 2.40. The van der Waals surface area contributed by atoms with Gasteiger partial charge in [0, 0.05) is 56.8 Å². The van der Waals surface area contributed by atoms with Gasteiger partial charge in [0.15, 0.2) is 0 Å². The molecule has 0 unspecified atom stereocenters. The molecule has 0 spiro atoms. The quantitative estimate of drug-likeness (QED) is 0.913.